The van der Waals surface area contributed by atoms with E-state index in [1.807, 2.05) is 48.5 Å². The summed E-state index contributed by atoms with van der Waals surface area (Å²) >= 11 is 0. The molecule has 10 heteroatoms. The molecule has 0 unspecified atom stereocenters. The van der Waals surface area contributed by atoms with E-state index in [9.17, 15) is 13.2 Å². The number of rotatable bonds is 8. The molecular formula is C23H26N4O5S. The van der Waals surface area contributed by atoms with Gasteiger partial charge in [-0.25, -0.2) is 13.1 Å². The van der Waals surface area contributed by atoms with E-state index < -0.39 is 15.9 Å². The van der Waals surface area contributed by atoms with Gasteiger partial charge in [0.25, 0.3) is 5.91 Å². The van der Waals surface area contributed by atoms with Gasteiger partial charge in [-0.15, -0.1) is 0 Å². The number of nitrogens with one attached hydrogen (secondary N) is 1. The molecule has 2 aromatic carbocycles. The van der Waals surface area contributed by atoms with Crippen molar-refractivity contribution >= 4 is 15.9 Å². The summed E-state index contributed by atoms with van der Waals surface area (Å²) in [5.41, 5.74) is 2.24. The molecule has 0 bridgehead atoms. The molecule has 1 aliphatic heterocycles. The Morgan fingerprint density at radius 1 is 1.09 bits per heavy atom. The van der Waals surface area contributed by atoms with Crippen LogP contribution in [0.15, 0.2) is 60.8 Å². The lowest BCUT2D eigenvalue weighted by molar-refractivity contribution is 0.0730. The van der Waals surface area contributed by atoms with Gasteiger partial charge in [0.1, 0.15) is 11.4 Å². The summed E-state index contributed by atoms with van der Waals surface area (Å²) in [4.78, 5) is 13.1. The van der Waals surface area contributed by atoms with Crippen LogP contribution in [0.4, 0.5) is 0 Å². The van der Waals surface area contributed by atoms with Crippen LogP contribution in [0.3, 0.4) is 0 Å². The third-order valence-electron chi connectivity index (χ3n) is 5.35. The molecule has 0 aliphatic carbocycles. The summed E-state index contributed by atoms with van der Waals surface area (Å²) in [5.74, 6) is -0.00902. The predicted octanol–water partition coefficient (Wildman–Crippen LogP) is 1.94. The Hall–Kier alpha value is -3.21. The van der Waals surface area contributed by atoms with Crippen molar-refractivity contribution in [3.63, 3.8) is 0 Å². The normalized spacial score (nSPS) is 14.7. The number of sulfonamides is 1. The van der Waals surface area contributed by atoms with E-state index in [1.54, 1.807) is 24.1 Å². The number of ether oxygens (including phenoxy) is 2. The summed E-state index contributed by atoms with van der Waals surface area (Å²) in [6.07, 6.45) is 1.64. The van der Waals surface area contributed by atoms with E-state index in [-0.39, 0.29) is 12.3 Å². The molecule has 1 saturated heterocycles. The number of methoxy groups -OCH3 is 1. The molecule has 33 heavy (non-hydrogen) atoms. The second-order valence-corrected chi connectivity index (χ2v) is 9.54. The van der Waals surface area contributed by atoms with Crippen molar-refractivity contribution in [1.82, 2.24) is 19.4 Å². The Morgan fingerprint density at radius 2 is 1.79 bits per heavy atom. The van der Waals surface area contributed by atoms with Crippen LogP contribution in [-0.4, -0.2) is 74.1 Å². The minimum absolute atomic E-state index is 0.0135. The van der Waals surface area contributed by atoms with Crippen LogP contribution in [0.25, 0.3) is 16.9 Å². The van der Waals surface area contributed by atoms with E-state index >= 15 is 0 Å². The zero-order chi connectivity index (χ0) is 23.3. The monoisotopic (exact) mass is 470 g/mol. The Kier molecular flexibility index (Phi) is 7.07. The lowest BCUT2D eigenvalue weighted by Crippen LogP contribution is -2.43. The topological polar surface area (TPSA) is 103 Å². The Morgan fingerprint density at radius 3 is 2.52 bits per heavy atom. The average molecular weight is 471 g/mol. The summed E-state index contributed by atoms with van der Waals surface area (Å²) in [5, 5.41) is 7.38. The van der Waals surface area contributed by atoms with Crippen molar-refractivity contribution < 1.29 is 22.7 Å². The smallest absolute Gasteiger partial charge is 0.255 e. The lowest BCUT2D eigenvalue weighted by Gasteiger charge is -2.26. The van der Waals surface area contributed by atoms with Crippen molar-refractivity contribution in [1.29, 1.82) is 0 Å². The van der Waals surface area contributed by atoms with Gasteiger partial charge in [0.15, 0.2) is 0 Å². The Labute approximate surface area is 193 Å². The summed E-state index contributed by atoms with van der Waals surface area (Å²) in [6.45, 7) is 1.41. The first kappa shape index (κ1) is 23.0. The Balaban J connectivity index is 1.57. The van der Waals surface area contributed by atoms with Crippen LogP contribution >= 0.6 is 0 Å². The number of carbonyl (C=O) groups excluding carboxylic acids is 1. The fourth-order valence-electron chi connectivity index (χ4n) is 3.63. The lowest BCUT2D eigenvalue weighted by atomic mass is 10.1. The SMILES string of the molecule is COc1ccccc1-c1nn(-c2ccccc2)cc1C(=O)NCCS(=O)(=O)N1CCOCC1. The van der Waals surface area contributed by atoms with Crippen LogP contribution in [0.2, 0.25) is 0 Å². The maximum Gasteiger partial charge on any atom is 0.255 e. The second-order valence-electron chi connectivity index (χ2n) is 7.46. The van der Waals surface area contributed by atoms with Crippen LogP contribution < -0.4 is 10.1 Å². The van der Waals surface area contributed by atoms with Crippen LogP contribution in [0, 0.1) is 0 Å². The van der Waals surface area contributed by atoms with Crippen molar-refractivity contribution in [2.75, 3.05) is 45.7 Å². The quantitative estimate of drug-likeness (QED) is 0.540. The predicted molar refractivity (Wildman–Crippen MR) is 124 cm³/mol. The molecular weight excluding hydrogens is 444 g/mol. The number of nitrogens with zero attached hydrogens (tertiary/aromatic N) is 3. The Bertz CT molecular complexity index is 1200. The number of carbonyl (C=O) groups is 1. The summed E-state index contributed by atoms with van der Waals surface area (Å²) in [6, 6.07) is 16.8. The third-order valence-corrected chi connectivity index (χ3v) is 7.22. The fourth-order valence-corrected chi connectivity index (χ4v) is 4.96. The highest BCUT2D eigenvalue weighted by Crippen LogP contribution is 2.31. The van der Waals surface area contributed by atoms with Gasteiger partial charge >= 0.3 is 0 Å². The number of aromatic nitrogens is 2. The van der Waals surface area contributed by atoms with Gasteiger partial charge in [-0.05, 0) is 24.3 Å². The second kappa shape index (κ2) is 10.2. The van der Waals surface area contributed by atoms with E-state index in [4.69, 9.17) is 9.47 Å². The zero-order valence-electron chi connectivity index (χ0n) is 18.3. The van der Waals surface area contributed by atoms with E-state index in [1.165, 1.54) is 4.31 Å². The molecule has 9 nitrogen and oxygen atoms in total. The van der Waals surface area contributed by atoms with Gasteiger partial charge in [0, 0.05) is 31.4 Å². The first-order valence-corrected chi connectivity index (χ1v) is 12.2. The number of hydrogen-bond donors (Lipinski definition) is 1. The minimum atomic E-state index is -3.47. The van der Waals surface area contributed by atoms with Crippen LogP contribution in [0.5, 0.6) is 5.75 Å². The molecule has 1 aliphatic rings. The van der Waals surface area contributed by atoms with Crippen molar-refractivity contribution in [2.24, 2.45) is 0 Å². The molecule has 0 spiro atoms. The van der Waals surface area contributed by atoms with Crippen LogP contribution in [-0.2, 0) is 14.8 Å². The zero-order valence-corrected chi connectivity index (χ0v) is 19.1. The van der Waals surface area contributed by atoms with Crippen molar-refractivity contribution in [3.05, 3.63) is 66.4 Å². The van der Waals surface area contributed by atoms with Crippen LogP contribution in [0.1, 0.15) is 10.4 Å². The summed E-state index contributed by atoms with van der Waals surface area (Å²) in [7, 11) is -1.92. The molecule has 174 valence electrons. The van der Waals surface area contributed by atoms with Crippen molar-refractivity contribution in [2.45, 2.75) is 0 Å². The fraction of sp³-hybridized carbons (Fsp3) is 0.304. The molecule has 1 N–H and O–H groups in total. The molecule has 0 radical (unpaired) electrons. The number of amides is 1. The molecule has 1 aromatic heterocycles. The molecule has 0 atom stereocenters. The molecule has 3 aromatic rings. The minimum Gasteiger partial charge on any atom is -0.496 e. The first-order valence-electron chi connectivity index (χ1n) is 10.6. The van der Waals surface area contributed by atoms with E-state index in [0.717, 1.165) is 5.69 Å². The summed E-state index contributed by atoms with van der Waals surface area (Å²) < 4.78 is 38.8. The highest BCUT2D eigenvalue weighted by Gasteiger charge is 2.25. The maximum absolute atomic E-state index is 13.1. The maximum atomic E-state index is 13.1. The largest absolute Gasteiger partial charge is 0.496 e. The molecule has 0 saturated carbocycles. The van der Waals surface area contributed by atoms with Gasteiger partial charge in [-0.2, -0.15) is 9.40 Å². The van der Waals surface area contributed by atoms with Gasteiger partial charge in [0.2, 0.25) is 10.0 Å². The van der Waals surface area contributed by atoms with E-state index in [2.05, 4.69) is 10.4 Å². The third kappa shape index (κ3) is 5.24. The molecule has 4 rings (SSSR count). The number of hydrogen-bond acceptors (Lipinski definition) is 6. The highest BCUT2D eigenvalue weighted by atomic mass is 32.2. The molecule has 2 heterocycles. The van der Waals surface area contributed by atoms with Gasteiger partial charge in [-0.3, -0.25) is 4.79 Å². The number of benzene rings is 2. The van der Waals surface area contributed by atoms with Crippen molar-refractivity contribution in [3.8, 4) is 22.7 Å². The highest BCUT2D eigenvalue weighted by molar-refractivity contribution is 7.89. The van der Waals surface area contributed by atoms with E-state index in [0.29, 0.717) is 48.9 Å². The van der Waals surface area contributed by atoms with Gasteiger partial charge < -0.3 is 14.8 Å². The number of morpholine rings is 1. The van der Waals surface area contributed by atoms with Gasteiger partial charge in [-0.1, -0.05) is 30.3 Å². The number of para-hydroxylation sites is 2. The standard InChI is InChI=1S/C23H26N4O5S/c1-31-21-10-6-5-9-19(21)22-20(17-27(25-22)18-7-3-2-4-8-18)23(28)24-11-16-33(29,30)26-12-14-32-15-13-26/h2-10,17H,11-16H2,1H3,(H,24,28). The molecule has 1 amide bonds. The average Bonchev–Trinajstić information content (AvgIpc) is 3.30. The first-order chi connectivity index (χ1) is 16.0. The van der Waals surface area contributed by atoms with Gasteiger partial charge in [0.05, 0.1) is 37.3 Å². The molecule has 1 fully saturated rings.